The Morgan fingerprint density at radius 3 is 2.24 bits per heavy atom. The molecule has 0 aliphatic heterocycles. The summed E-state index contributed by atoms with van der Waals surface area (Å²) in [5.74, 6) is 0. The van der Waals surface area contributed by atoms with E-state index in [1.54, 1.807) is 0 Å². The van der Waals surface area contributed by atoms with Gasteiger partial charge in [-0.1, -0.05) is 69.3 Å². The molecule has 4 heteroatoms. The van der Waals surface area contributed by atoms with Crippen LogP contribution in [0, 0.1) is 0 Å². The lowest BCUT2D eigenvalue weighted by atomic mass is 9.87. The van der Waals surface area contributed by atoms with Crippen molar-refractivity contribution in [3.8, 4) is 11.3 Å². The van der Waals surface area contributed by atoms with Gasteiger partial charge in [0.05, 0.1) is 5.69 Å². The van der Waals surface area contributed by atoms with Gasteiger partial charge >= 0.3 is 6.03 Å². The molecule has 3 N–H and O–H groups in total. The van der Waals surface area contributed by atoms with E-state index in [0.29, 0.717) is 0 Å². The number of carbonyl (C=O) groups is 1. The summed E-state index contributed by atoms with van der Waals surface area (Å²) in [6.07, 6.45) is 0. The van der Waals surface area contributed by atoms with Gasteiger partial charge in [0.15, 0.2) is 0 Å². The quantitative estimate of drug-likeness (QED) is 0.359. The number of hydrogen-bond acceptors (Lipinski definition) is 1. The second-order valence-electron chi connectivity index (χ2n) is 8.22. The van der Waals surface area contributed by atoms with Crippen LogP contribution in [-0.2, 0) is 5.41 Å². The molecule has 0 bridgehead atoms. The highest BCUT2D eigenvalue weighted by atomic mass is 16.2. The first-order chi connectivity index (χ1) is 13.9. The van der Waals surface area contributed by atoms with Crippen LogP contribution in [0.2, 0.25) is 0 Å². The van der Waals surface area contributed by atoms with Gasteiger partial charge in [-0.3, -0.25) is 0 Å². The number of hydrogen-bond donors (Lipinski definition) is 3. The number of amides is 2. The summed E-state index contributed by atoms with van der Waals surface area (Å²) in [5.41, 5.74) is 5.81. The number of carbonyl (C=O) groups excluding carboxylic acids is 1. The molecule has 0 saturated heterocycles. The summed E-state index contributed by atoms with van der Waals surface area (Å²) >= 11 is 0. The zero-order chi connectivity index (χ0) is 20.4. The largest absolute Gasteiger partial charge is 0.354 e. The van der Waals surface area contributed by atoms with E-state index < -0.39 is 0 Å². The lowest BCUT2D eigenvalue weighted by molar-refractivity contribution is 0.262. The van der Waals surface area contributed by atoms with Gasteiger partial charge in [0.1, 0.15) is 0 Å². The van der Waals surface area contributed by atoms with Crippen LogP contribution in [0.5, 0.6) is 0 Å². The average Bonchev–Trinajstić information content (AvgIpc) is 3.12. The maximum Gasteiger partial charge on any atom is 0.323 e. The molecule has 2 amide bonds. The van der Waals surface area contributed by atoms with E-state index in [1.807, 2.05) is 66.7 Å². The summed E-state index contributed by atoms with van der Waals surface area (Å²) in [6, 6.07) is 25.7. The minimum Gasteiger partial charge on any atom is -0.354 e. The van der Waals surface area contributed by atoms with Gasteiger partial charge in [0.25, 0.3) is 0 Å². The SMILES string of the molecule is CC(C)(C)c1ccc(NC(=O)Nc2ccccc2-c2cc3ccccc3[nH]2)cc1. The monoisotopic (exact) mass is 383 g/mol. The number of fused-ring (bicyclic) bond motifs is 1. The van der Waals surface area contributed by atoms with Gasteiger partial charge in [-0.25, -0.2) is 4.79 Å². The van der Waals surface area contributed by atoms with Crippen LogP contribution in [0.15, 0.2) is 78.9 Å². The molecule has 1 heterocycles. The van der Waals surface area contributed by atoms with E-state index in [2.05, 4.69) is 48.5 Å². The maximum absolute atomic E-state index is 12.6. The Labute approximate surface area is 171 Å². The Morgan fingerprint density at radius 1 is 0.828 bits per heavy atom. The van der Waals surface area contributed by atoms with Crippen molar-refractivity contribution >= 4 is 28.3 Å². The van der Waals surface area contributed by atoms with E-state index in [-0.39, 0.29) is 11.4 Å². The molecule has 4 nitrogen and oxygen atoms in total. The second-order valence-corrected chi connectivity index (χ2v) is 8.22. The Balaban J connectivity index is 1.53. The smallest absolute Gasteiger partial charge is 0.323 e. The van der Waals surface area contributed by atoms with Crippen LogP contribution in [0.1, 0.15) is 26.3 Å². The van der Waals surface area contributed by atoms with Crippen molar-refractivity contribution in [3.05, 3.63) is 84.4 Å². The third-order valence-electron chi connectivity index (χ3n) is 5.00. The number of nitrogens with one attached hydrogen (secondary N) is 3. The Hall–Kier alpha value is -3.53. The van der Waals surface area contributed by atoms with Gasteiger partial charge in [-0.05, 0) is 41.3 Å². The van der Waals surface area contributed by atoms with Crippen LogP contribution in [0.4, 0.5) is 16.2 Å². The lowest BCUT2D eigenvalue weighted by Gasteiger charge is -2.19. The minimum absolute atomic E-state index is 0.0827. The number of aromatic nitrogens is 1. The normalized spacial score (nSPS) is 11.4. The lowest BCUT2D eigenvalue weighted by Crippen LogP contribution is -2.20. The van der Waals surface area contributed by atoms with Crippen molar-refractivity contribution in [2.24, 2.45) is 0 Å². The highest BCUT2D eigenvalue weighted by Gasteiger charge is 2.14. The Morgan fingerprint density at radius 2 is 1.52 bits per heavy atom. The van der Waals surface area contributed by atoms with Crippen molar-refractivity contribution in [2.75, 3.05) is 10.6 Å². The molecule has 0 atom stereocenters. The summed E-state index contributed by atoms with van der Waals surface area (Å²) in [6.45, 7) is 6.51. The molecule has 0 unspecified atom stereocenters. The van der Waals surface area contributed by atoms with Crippen LogP contribution < -0.4 is 10.6 Å². The molecular weight excluding hydrogens is 358 g/mol. The molecule has 146 valence electrons. The molecule has 0 radical (unpaired) electrons. The van der Waals surface area contributed by atoms with Crippen molar-refractivity contribution in [2.45, 2.75) is 26.2 Å². The topological polar surface area (TPSA) is 56.9 Å². The number of anilines is 2. The molecule has 29 heavy (non-hydrogen) atoms. The van der Waals surface area contributed by atoms with Crippen LogP contribution in [0.3, 0.4) is 0 Å². The van der Waals surface area contributed by atoms with Crippen molar-refractivity contribution < 1.29 is 4.79 Å². The number of H-pyrrole nitrogens is 1. The zero-order valence-electron chi connectivity index (χ0n) is 16.9. The van der Waals surface area contributed by atoms with Gasteiger partial charge in [0, 0.05) is 27.8 Å². The Bertz CT molecular complexity index is 1120. The standard InChI is InChI=1S/C25H25N3O/c1-25(2,3)18-12-14-19(15-13-18)26-24(29)28-22-11-7-5-9-20(22)23-16-17-8-4-6-10-21(17)27-23/h4-16,27H,1-3H3,(H2,26,28,29). The summed E-state index contributed by atoms with van der Waals surface area (Å²) in [7, 11) is 0. The highest BCUT2D eigenvalue weighted by molar-refractivity contribution is 6.02. The zero-order valence-corrected chi connectivity index (χ0v) is 16.9. The first-order valence-corrected chi connectivity index (χ1v) is 9.76. The fourth-order valence-electron chi connectivity index (χ4n) is 3.38. The van der Waals surface area contributed by atoms with E-state index in [0.717, 1.165) is 33.5 Å². The summed E-state index contributed by atoms with van der Waals surface area (Å²) in [5, 5.41) is 7.03. The van der Waals surface area contributed by atoms with E-state index in [9.17, 15) is 4.79 Å². The van der Waals surface area contributed by atoms with Crippen molar-refractivity contribution in [1.82, 2.24) is 4.98 Å². The third kappa shape index (κ3) is 4.16. The maximum atomic E-state index is 12.6. The van der Waals surface area contributed by atoms with Crippen LogP contribution in [-0.4, -0.2) is 11.0 Å². The number of para-hydroxylation sites is 2. The van der Waals surface area contributed by atoms with Crippen molar-refractivity contribution in [1.29, 1.82) is 0 Å². The molecule has 0 fully saturated rings. The number of urea groups is 1. The fraction of sp³-hybridized carbons (Fsp3) is 0.160. The molecule has 0 spiro atoms. The van der Waals surface area contributed by atoms with Gasteiger partial charge in [0.2, 0.25) is 0 Å². The van der Waals surface area contributed by atoms with Gasteiger partial charge in [-0.2, -0.15) is 0 Å². The van der Waals surface area contributed by atoms with E-state index in [4.69, 9.17) is 0 Å². The molecule has 0 saturated carbocycles. The van der Waals surface area contributed by atoms with E-state index in [1.165, 1.54) is 5.56 Å². The first-order valence-electron chi connectivity index (χ1n) is 9.76. The summed E-state index contributed by atoms with van der Waals surface area (Å²) < 4.78 is 0. The van der Waals surface area contributed by atoms with Gasteiger partial charge in [-0.15, -0.1) is 0 Å². The molecule has 0 aliphatic carbocycles. The second kappa shape index (κ2) is 7.47. The Kier molecular flexibility index (Phi) is 4.85. The fourth-order valence-corrected chi connectivity index (χ4v) is 3.38. The molecule has 3 aromatic carbocycles. The molecular formula is C25H25N3O. The predicted octanol–water partition coefficient (Wildman–Crippen LogP) is 6.78. The van der Waals surface area contributed by atoms with Crippen LogP contribution >= 0.6 is 0 Å². The molecule has 4 aromatic rings. The summed E-state index contributed by atoms with van der Waals surface area (Å²) in [4.78, 5) is 16.0. The third-order valence-corrected chi connectivity index (χ3v) is 5.00. The number of benzene rings is 3. The van der Waals surface area contributed by atoms with E-state index >= 15 is 0 Å². The minimum atomic E-state index is -0.267. The molecule has 4 rings (SSSR count). The molecule has 0 aliphatic rings. The number of rotatable bonds is 3. The number of aromatic amines is 1. The van der Waals surface area contributed by atoms with Gasteiger partial charge < -0.3 is 15.6 Å². The van der Waals surface area contributed by atoms with Crippen molar-refractivity contribution in [3.63, 3.8) is 0 Å². The predicted molar refractivity (Wildman–Crippen MR) is 122 cm³/mol. The highest BCUT2D eigenvalue weighted by Crippen LogP contribution is 2.30. The van der Waals surface area contributed by atoms with Crippen LogP contribution in [0.25, 0.3) is 22.2 Å². The average molecular weight is 383 g/mol. The molecule has 1 aromatic heterocycles. The first kappa shape index (κ1) is 18.8.